The first kappa shape index (κ1) is 16.2. The summed E-state index contributed by atoms with van der Waals surface area (Å²) in [6.45, 7) is 0.585. The fraction of sp³-hybridized carbons (Fsp3) is 0.188. The van der Waals surface area contributed by atoms with Gasteiger partial charge in [-0.2, -0.15) is 0 Å². The Balaban J connectivity index is 1.79. The lowest BCUT2D eigenvalue weighted by Crippen LogP contribution is -2.27. The first-order valence-corrected chi connectivity index (χ1v) is 7.63. The number of hydrogen-bond acceptors (Lipinski definition) is 1. The third kappa shape index (κ3) is 5.24. The van der Waals surface area contributed by atoms with Gasteiger partial charge in [-0.05, 0) is 41.8 Å². The topological polar surface area (TPSA) is 29.1 Å². The molecule has 0 radical (unpaired) electrons. The van der Waals surface area contributed by atoms with Gasteiger partial charge < -0.3 is 5.32 Å². The zero-order valence-corrected chi connectivity index (χ0v) is 13.5. The summed E-state index contributed by atoms with van der Waals surface area (Å²) in [6, 6.07) is 12.8. The summed E-state index contributed by atoms with van der Waals surface area (Å²) in [5.41, 5.74) is 1.97. The van der Waals surface area contributed by atoms with Crippen molar-refractivity contribution < 1.29 is 4.79 Å². The van der Waals surface area contributed by atoms with Gasteiger partial charge in [0.25, 0.3) is 0 Å². The molecule has 0 aromatic heterocycles. The smallest absolute Gasteiger partial charge is 0.224 e. The molecule has 0 saturated carbocycles. The number of carbonyl (C=O) groups is 1. The SMILES string of the molecule is O=C(Cc1ccc(Cl)c(Cl)c1)NCCc1ccc(Cl)cc1. The van der Waals surface area contributed by atoms with Crippen molar-refractivity contribution in [2.75, 3.05) is 6.54 Å². The average molecular weight is 343 g/mol. The van der Waals surface area contributed by atoms with E-state index in [1.54, 1.807) is 18.2 Å². The normalized spacial score (nSPS) is 10.4. The third-order valence-electron chi connectivity index (χ3n) is 3.00. The lowest BCUT2D eigenvalue weighted by molar-refractivity contribution is -0.120. The minimum absolute atomic E-state index is 0.0395. The van der Waals surface area contributed by atoms with E-state index < -0.39 is 0 Å². The fourth-order valence-corrected chi connectivity index (χ4v) is 2.34. The van der Waals surface area contributed by atoms with Crippen LogP contribution in [0.15, 0.2) is 42.5 Å². The molecular formula is C16H14Cl3NO. The van der Waals surface area contributed by atoms with E-state index >= 15 is 0 Å². The highest BCUT2D eigenvalue weighted by molar-refractivity contribution is 6.42. The Morgan fingerprint density at radius 2 is 1.57 bits per heavy atom. The van der Waals surface area contributed by atoms with E-state index in [4.69, 9.17) is 34.8 Å². The maximum atomic E-state index is 11.8. The predicted octanol–water partition coefficient (Wildman–Crippen LogP) is 4.55. The number of carbonyl (C=O) groups excluding carboxylic acids is 1. The lowest BCUT2D eigenvalue weighted by atomic mass is 10.1. The highest BCUT2D eigenvalue weighted by Crippen LogP contribution is 2.22. The Labute approximate surface area is 139 Å². The molecule has 2 aromatic carbocycles. The van der Waals surface area contributed by atoms with Crippen molar-refractivity contribution in [3.63, 3.8) is 0 Å². The molecule has 2 nitrogen and oxygen atoms in total. The lowest BCUT2D eigenvalue weighted by Gasteiger charge is -2.06. The van der Waals surface area contributed by atoms with Gasteiger partial charge in [-0.1, -0.05) is 53.0 Å². The van der Waals surface area contributed by atoms with Gasteiger partial charge in [0.2, 0.25) is 5.91 Å². The van der Waals surface area contributed by atoms with Crippen LogP contribution >= 0.6 is 34.8 Å². The molecule has 0 aliphatic carbocycles. The second-order valence-corrected chi connectivity index (χ2v) is 5.90. The van der Waals surface area contributed by atoms with E-state index in [-0.39, 0.29) is 12.3 Å². The van der Waals surface area contributed by atoms with Crippen molar-refractivity contribution in [1.29, 1.82) is 0 Å². The molecule has 2 rings (SSSR count). The van der Waals surface area contributed by atoms with E-state index in [2.05, 4.69) is 5.32 Å². The van der Waals surface area contributed by atoms with Crippen LogP contribution in [-0.4, -0.2) is 12.5 Å². The van der Waals surface area contributed by atoms with Gasteiger partial charge >= 0.3 is 0 Å². The van der Waals surface area contributed by atoms with Crippen LogP contribution in [0.5, 0.6) is 0 Å². The first-order valence-electron chi connectivity index (χ1n) is 6.49. The molecule has 0 bridgehead atoms. The number of rotatable bonds is 5. The molecule has 1 amide bonds. The molecular weight excluding hydrogens is 329 g/mol. The molecule has 0 spiro atoms. The highest BCUT2D eigenvalue weighted by Gasteiger charge is 2.05. The molecule has 5 heteroatoms. The molecule has 1 N–H and O–H groups in total. The van der Waals surface area contributed by atoms with Gasteiger partial charge in [0.15, 0.2) is 0 Å². The maximum absolute atomic E-state index is 11.8. The van der Waals surface area contributed by atoms with Crippen molar-refractivity contribution >= 4 is 40.7 Å². The van der Waals surface area contributed by atoms with E-state index in [1.807, 2.05) is 24.3 Å². The van der Waals surface area contributed by atoms with Crippen molar-refractivity contribution in [2.24, 2.45) is 0 Å². The molecule has 21 heavy (non-hydrogen) atoms. The molecule has 0 unspecified atom stereocenters. The molecule has 0 aliphatic heterocycles. The van der Waals surface area contributed by atoms with Crippen LogP contribution in [0.4, 0.5) is 0 Å². The first-order chi connectivity index (χ1) is 10.0. The zero-order chi connectivity index (χ0) is 15.2. The molecule has 0 aliphatic rings. The van der Waals surface area contributed by atoms with Gasteiger partial charge in [-0.15, -0.1) is 0 Å². The minimum Gasteiger partial charge on any atom is -0.355 e. The van der Waals surface area contributed by atoms with Gasteiger partial charge in [0, 0.05) is 11.6 Å². The number of hydrogen-bond donors (Lipinski definition) is 1. The van der Waals surface area contributed by atoms with Gasteiger partial charge in [0.1, 0.15) is 0 Å². The quantitative estimate of drug-likeness (QED) is 0.848. The summed E-state index contributed by atoms with van der Waals surface area (Å²) >= 11 is 17.6. The molecule has 2 aromatic rings. The Bertz CT molecular complexity index is 626. The largest absolute Gasteiger partial charge is 0.355 e. The standard InChI is InChI=1S/C16H14Cl3NO/c17-13-4-1-11(2-5-13)7-8-20-16(21)10-12-3-6-14(18)15(19)9-12/h1-6,9H,7-8,10H2,(H,20,21). The summed E-state index contributed by atoms with van der Waals surface area (Å²) in [6.07, 6.45) is 1.06. The average Bonchev–Trinajstić information content (AvgIpc) is 2.45. The zero-order valence-electron chi connectivity index (χ0n) is 11.2. The fourth-order valence-electron chi connectivity index (χ4n) is 1.89. The Morgan fingerprint density at radius 3 is 2.24 bits per heavy atom. The van der Waals surface area contributed by atoms with E-state index in [0.29, 0.717) is 21.6 Å². The number of amides is 1. The summed E-state index contributed by atoms with van der Waals surface area (Å²) < 4.78 is 0. The van der Waals surface area contributed by atoms with Crippen LogP contribution in [0.1, 0.15) is 11.1 Å². The monoisotopic (exact) mass is 341 g/mol. The minimum atomic E-state index is -0.0395. The third-order valence-corrected chi connectivity index (χ3v) is 3.99. The molecule has 0 saturated heterocycles. The van der Waals surface area contributed by atoms with Crippen molar-refractivity contribution in [1.82, 2.24) is 5.32 Å². The summed E-state index contributed by atoms with van der Waals surface area (Å²) in [7, 11) is 0. The molecule has 0 atom stereocenters. The number of benzene rings is 2. The molecule has 0 heterocycles. The Hall–Kier alpha value is -1.22. The predicted molar refractivity (Wildman–Crippen MR) is 88.3 cm³/mol. The van der Waals surface area contributed by atoms with Gasteiger partial charge in [0.05, 0.1) is 16.5 Å². The summed E-state index contributed by atoms with van der Waals surface area (Å²) in [5.74, 6) is -0.0395. The Morgan fingerprint density at radius 1 is 0.905 bits per heavy atom. The van der Waals surface area contributed by atoms with Crippen LogP contribution < -0.4 is 5.32 Å². The van der Waals surface area contributed by atoms with Gasteiger partial charge in [-0.3, -0.25) is 4.79 Å². The van der Waals surface area contributed by atoms with Crippen LogP contribution in [0, 0.1) is 0 Å². The van der Waals surface area contributed by atoms with Crippen LogP contribution in [0.25, 0.3) is 0 Å². The highest BCUT2D eigenvalue weighted by atomic mass is 35.5. The summed E-state index contributed by atoms with van der Waals surface area (Å²) in [4.78, 5) is 11.8. The second-order valence-electron chi connectivity index (χ2n) is 4.65. The van der Waals surface area contributed by atoms with Crippen LogP contribution in [0.2, 0.25) is 15.1 Å². The van der Waals surface area contributed by atoms with Crippen molar-refractivity contribution in [3.8, 4) is 0 Å². The van der Waals surface area contributed by atoms with Crippen LogP contribution in [-0.2, 0) is 17.6 Å². The number of nitrogens with one attached hydrogen (secondary N) is 1. The number of halogens is 3. The maximum Gasteiger partial charge on any atom is 0.224 e. The second kappa shape index (κ2) is 7.69. The summed E-state index contributed by atoms with van der Waals surface area (Å²) in [5, 5.41) is 4.54. The van der Waals surface area contributed by atoms with Gasteiger partial charge in [-0.25, -0.2) is 0 Å². The molecule has 110 valence electrons. The van der Waals surface area contributed by atoms with Crippen molar-refractivity contribution in [3.05, 3.63) is 68.7 Å². The van der Waals surface area contributed by atoms with E-state index in [0.717, 1.165) is 17.5 Å². The van der Waals surface area contributed by atoms with Crippen LogP contribution in [0.3, 0.4) is 0 Å². The molecule has 0 fully saturated rings. The van der Waals surface area contributed by atoms with Crippen molar-refractivity contribution in [2.45, 2.75) is 12.8 Å². The van der Waals surface area contributed by atoms with E-state index in [9.17, 15) is 4.79 Å². The Kier molecular flexibility index (Phi) is 5.92. The van der Waals surface area contributed by atoms with E-state index in [1.165, 1.54) is 0 Å².